The molecule has 1 spiro atoms. The van der Waals surface area contributed by atoms with Crippen LogP contribution in [0.4, 0.5) is 0 Å². The summed E-state index contributed by atoms with van der Waals surface area (Å²) in [6.07, 6.45) is 9.61. The van der Waals surface area contributed by atoms with E-state index in [1.165, 1.54) is 25.7 Å². The molecule has 0 bridgehead atoms. The quantitative estimate of drug-likeness (QED) is 0.750. The van der Waals surface area contributed by atoms with Gasteiger partial charge in [-0.05, 0) is 43.9 Å². The van der Waals surface area contributed by atoms with Gasteiger partial charge in [0.2, 0.25) is 11.8 Å². The number of hydrogen-bond donors (Lipinski definition) is 1. The lowest BCUT2D eigenvalue weighted by Gasteiger charge is -2.24. The van der Waals surface area contributed by atoms with E-state index in [-0.39, 0.29) is 12.4 Å². The molecule has 4 rings (SSSR count). The molecule has 2 aliphatic carbocycles. The maximum Gasteiger partial charge on any atom is 0.290 e. The highest BCUT2D eigenvalue weighted by Crippen LogP contribution is 2.63. The monoisotopic (exact) mass is 379 g/mol. The molecule has 2 heterocycles. The van der Waals surface area contributed by atoms with Crippen molar-refractivity contribution in [1.29, 1.82) is 0 Å². The minimum Gasteiger partial charge on any atom is -0.483 e. The summed E-state index contributed by atoms with van der Waals surface area (Å²) in [7, 11) is 0. The van der Waals surface area contributed by atoms with Crippen molar-refractivity contribution < 1.29 is 19.5 Å². The highest BCUT2D eigenvalue weighted by atomic mass is 16.3. The second-order valence-corrected chi connectivity index (χ2v) is 8.47. The standard InChI is InChI=1S/C19H31N3O2.CH2O2/c23-17(21-9-3-4-10-21)15-20-8-5-11-22(13-12-20)18(24)16-14-19(16)6-1-2-7-19;2-1-3/h16H,1-15H2;1H,(H,2,3). The average Bonchev–Trinajstić information content (AvgIpc) is 2.97. The molecule has 1 N–H and O–H groups in total. The smallest absolute Gasteiger partial charge is 0.290 e. The first kappa shape index (κ1) is 20.1. The van der Waals surface area contributed by atoms with Crippen molar-refractivity contribution in [3.63, 3.8) is 0 Å². The number of nitrogens with zero attached hydrogens (tertiary/aromatic N) is 3. The SMILES string of the molecule is O=C(CN1CCCN(C(=O)C2CC23CCCC3)CC1)N1CCCC1.O=CO. The molecule has 7 heteroatoms. The average molecular weight is 380 g/mol. The van der Waals surface area contributed by atoms with Crippen LogP contribution in [0.2, 0.25) is 0 Å². The van der Waals surface area contributed by atoms with Crippen LogP contribution in [0.15, 0.2) is 0 Å². The Labute approximate surface area is 161 Å². The minimum absolute atomic E-state index is 0.250. The van der Waals surface area contributed by atoms with Crippen molar-refractivity contribution in [3.8, 4) is 0 Å². The second kappa shape index (κ2) is 9.04. The molecular formula is C20H33N3O4. The summed E-state index contributed by atoms with van der Waals surface area (Å²) < 4.78 is 0. The maximum absolute atomic E-state index is 12.8. The fourth-order valence-electron chi connectivity index (χ4n) is 5.16. The molecule has 0 aromatic rings. The van der Waals surface area contributed by atoms with Crippen molar-refractivity contribution >= 4 is 18.3 Å². The Balaban J connectivity index is 0.000000659. The molecule has 2 aliphatic heterocycles. The summed E-state index contributed by atoms with van der Waals surface area (Å²) in [5.41, 5.74) is 0.398. The Kier molecular flexibility index (Phi) is 6.73. The molecule has 27 heavy (non-hydrogen) atoms. The fourth-order valence-corrected chi connectivity index (χ4v) is 5.16. The van der Waals surface area contributed by atoms with E-state index in [1.807, 2.05) is 4.90 Å². The summed E-state index contributed by atoms with van der Waals surface area (Å²) >= 11 is 0. The van der Waals surface area contributed by atoms with Gasteiger partial charge in [0.1, 0.15) is 0 Å². The summed E-state index contributed by atoms with van der Waals surface area (Å²) in [5.74, 6) is 1.00. The summed E-state index contributed by atoms with van der Waals surface area (Å²) in [6.45, 7) is 5.63. The molecule has 1 atom stereocenters. The van der Waals surface area contributed by atoms with Gasteiger partial charge in [0.25, 0.3) is 6.47 Å². The van der Waals surface area contributed by atoms with Crippen LogP contribution in [0.3, 0.4) is 0 Å². The van der Waals surface area contributed by atoms with Crippen molar-refractivity contribution in [1.82, 2.24) is 14.7 Å². The molecule has 152 valence electrons. The van der Waals surface area contributed by atoms with Gasteiger partial charge in [0.05, 0.1) is 6.54 Å². The van der Waals surface area contributed by atoms with Crippen LogP contribution in [0.5, 0.6) is 0 Å². The second-order valence-electron chi connectivity index (χ2n) is 8.47. The molecule has 2 saturated carbocycles. The predicted molar refractivity (Wildman–Crippen MR) is 101 cm³/mol. The third-order valence-electron chi connectivity index (χ3n) is 6.80. The van der Waals surface area contributed by atoms with E-state index < -0.39 is 0 Å². The number of carbonyl (C=O) groups excluding carboxylic acids is 2. The van der Waals surface area contributed by atoms with Crippen molar-refractivity contribution in [3.05, 3.63) is 0 Å². The molecule has 4 aliphatic rings. The molecule has 0 radical (unpaired) electrons. The van der Waals surface area contributed by atoms with Crippen molar-refractivity contribution in [2.24, 2.45) is 11.3 Å². The van der Waals surface area contributed by atoms with E-state index in [1.54, 1.807) is 0 Å². The van der Waals surface area contributed by atoms with E-state index in [9.17, 15) is 9.59 Å². The largest absolute Gasteiger partial charge is 0.483 e. The lowest BCUT2D eigenvalue weighted by atomic mass is 10.0. The van der Waals surface area contributed by atoms with E-state index >= 15 is 0 Å². The van der Waals surface area contributed by atoms with Crippen LogP contribution in [0.25, 0.3) is 0 Å². The number of hydrogen-bond acceptors (Lipinski definition) is 4. The summed E-state index contributed by atoms with van der Waals surface area (Å²) in [6, 6.07) is 0. The van der Waals surface area contributed by atoms with Crippen LogP contribution < -0.4 is 0 Å². The zero-order valence-electron chi connectivity index (χ0n) is 16.3. The summed E-state index contributed by atoms with van der Waals surface area (Å²) in [5, 5.41) is 6.89. The number of rotatable bonds is 3. The van der Waals surface area contributed by atoms with E-state index in [0.717, 1.165) is 65.0 Å². The molecule has 0 aromatic carbocycles. The highest BCUT2D eigenvalue weighted by Gasteiger charge is 2.59. The third-order valence-corrected chi connectivity index (χ3v) is 6.80. The van der Waals surface area contributed by atoms with Crippen LogP contribution >= 0.6 is 0 Å². The summed E-state index contributed by atoms with van der Waals surface area (Å²) in [4.78, 5) is 39.9. The fraction of sp³-hybridized carbons (Fsp3) is 0.850. The highest BCUT2D eigenvalue weighted by molar-refractivity contribution is 5.83. The van der Waals surface area contributed by atoms with Gasteiger partial charge in [-0.15, -0.1) is 0 Å². The van der Waals surface area contributed by atoms with Gasteiger partial charge < -0.3 is 14.9 Å². The van der Waals surface area contributed by atoms with E-state index in [2.05, 4.69) is 9.80 Å². The number of carbonyl (C=O) groups is 3. The first-order valence-electron chi connectivity index (χ1n) is 10.5. The van der Waals surface area contributed by atoms with Crippen LogP contribution in [-0.4, -0.2) is 83.9 Å². The molecule has 0 aromatic heterocycles. The van der Waals surface area contributed by atoms with Gasteiger partial charge >= 0.3 is 0 Å². The maximum atomic E-state index is 12.8. The van der Waals surface area contributed by atoms with Crippen LogP contribution in [-0.2, 0) is 14.4 Å². The molecule has 1 unspecified atom stereocenters. The molecule has 4 fully saturated rings. The van der Waals surface area contributed by atoms with Gasteiger partial charge in [-0.2, -0.15) is 0 Å². The Morgan fingerprint density at radius 3 is 2.19 bits per heavy atom. The Morgan fingerprint density at radius 1 is 0.889 bits per heavy atom. The van der Waals surface area contributed by atoms with E-state index in [4.69, 9.17) is 9.90 Å². The normalized spacial score (nSPS) is 27.0. The van der Waals surface area contributed by atoms with Crippen molar-refractivity contribution in [2.75, 3.05) is 45.8 Å². The lowest BCUT2D eigenvalue weighted by Crippen LogP contribution is -2.41. The van der Waals surface area contributed by atoms with Crippen molar-refractivity contribution in [2.45, 2.75) is 51.4 Å². The Morgan fingerprint density at radius 2 is 1.52 bits per heavy atom. The first-order valence-corrected chi connectivity index (χ1v) is 10.5. The van der Waals surface area contributed by atoms with E-state index in [0.29, 0.717) is 23.8 Å². The zero-order valence-corrected chi connectivity index (χ0v) is 16.3. The Hall–Kier alpha value is -1.63. The first-order chi connectivity index (χ1) is 13.1. The molecular weight excluding hydrogens is 346 g/mol. The predicted octanol–water partition coefficient (Wildman–Crippen LogP) is 1.42. The van der Waals surface area contributed by atoms with Gasteiger partial charge in [-0.3, -0.25) is 19.3 Å². The molecule has 2 amide bonds. The third kappa shape index (κ3) is 4.81. The van der Waals surface area contributed by atoms with Crippen LogP contribution in [0, 0.1) is 11.3 Å². The number of carboxylic acid groups (broad SMARTS) is 1. The topological polar surface area (TPSA) is 81.2 Å². The Bertz CT molecular complexity index is 541. The lowest BCUT2D eigenvalue weighted by molar-refractivity contribution is -0.133. The zero-order chi connectivity index (χ0) is 19.3. The number of likely N-dealkylation sites (tertiary alicyclic amines) is 1. The van der Waals surface area contributed by atoms with Crippen LogP contribution in [0.1, 0.15) is 51.4 Å². The van der Waals surface area contributed by atoms with Gasteiger partial charge in [-0.1, -0.05) is 12.8 Å². The molecule has 2 saturated heterocycles. The van der Waals surface area contributed by atoms with Gasteiger partial charge in [-0.25, -0.2) is 0 Å². The van der Waals surface area contributed by atoms with Gasteiger partial charge in [0, 0.05) is 45.2 Å². The van der Waals surface area contributed by atoms with Gasteiger partial charge in [0.15, 0.2) is 0 Å². The number of amides is 2. The minimum atomic E-state index is -0.250. The molecule has 7 nitrogen and oxygen atoms in total.